The summed E-state index contributed by atoms with van der Waals surface area (Å²) in [4.78, 5) is 8.64. The molecule has 0 unspecified atom stereocenters. The number of nitrogens with zero attached hydrogens (tertiary/aromatic N) is 4. The molecule has 0 radical (unpaired) electrons. The van der Waals surface area contributed by atoms with Crippen LogP contribution in [0.4, 0.5) is 0 Å². The molecule has 0 saturated carbocycles. The molecule has 1 aliphatic rings. The van der Waals surface area contributed by atoms with Crippen LogP contribution in [0.25, 0.3) is 4.96 Å². The molecule has 1 saturated heterocycles. The summed E-state index contributed by atoms with van der Waals surface area (Å²) in [5, 5.41) is 15.2. The fourth-order valence-electron chi connectivity index (χ4n) is 3.85. The zero-order valence-electron chi connectivity index (χ0n) is 14.9. The van der Waals surface area contributed by atoms with Crippen LogP contribution in [0.5, 0.6) is 5.88 Å². The van der Waals surface area contributed by atoms with Crippen LogP contribution in [0.3, 0.4) is 0 Å². The van der Waals surface area contributed by atoms with Gasteiger partial charge < -0.3 is 5.11 Å². The first kappa shape index (κ1) is 16.5. The summed E-state index contributed by atoms with van der Waals surface area (Å²) >= 11 is 1.55. The summed E-state index contributed by atoms with van der Waals surface area (Å²) in [5.74, 6) is 1.59. The number of rotatable bonds is 3. The molecule has 1 aromatic carbocycles. The zero-order valence-corrected chi connectivity index (χ0v) is 15.8. The SMILES string of the molecule is Cc1cccc([C@@H](c2sc3nc(C)nn3c2O)N2CCC[C@H](C)C2)c1. The number of likely N-dealkylation sites (tertiary alicyclic amines) is 1. The number of fused-ring (bicyclic) bond motifs is 1. The van der Waals surface area contributed by atoms with Gasteiger partial charge in [0.25, 0.3) is 0 Å². The van der Waals surface area contributed by atoms with Gasteiger partial charge in [-0.1, -0.05) is 48.1 Å². The molecule has 2 aromatic heterocycles. The Morgan fingerprint density at radius 3 is 2.88 bits per heavy atom. The molecule has 2 atom stereocenters. The summed E-state index contributed by atoms with van der Waals surface area (Å²) < 4.78 is 1.57. The first-order valence-corrected chi connectivity index (χ1v) is 9.70. The van der Waals surface area contributed by atoms with Crippen molar-refractivity contribution in [3.63, 3.8) is 0 Å². The average Bonchev–Trinajstić information content (AvgIpc) is 3.06. The number of aryl methyl sites for hydroxylation is 2. The standard InChI is InChI=1S/C19H24N4OS/c1-12-6-4-8-15(10-12)16(22-9-5-7-13(2)11-22)17-18(24)23-19(25-17)20-14(3)21-23/h4,6,8,10,13,16,24H,5,7,9,11H2,1-3H3/t13-,16-/m0/s1. The Kier molecular flexibility index (Phi) is 4.25. The van der Waals surface area contributed by atoms with Crippen molar-refractivity contribution in [2.45, 2.75) is 39.7 Å². The van der Waals surface area contributed by atoms with Gasteiger partial charge in [0.15, 0.2) is 0 Å². The van der Waals surface area contributed by atoms with Crippen LogP contribution in [0.1, 0.15) is 47.6 Å². The first-order valence-electron chi connectivity index (χ1n) is 8.88. The highest BCUT2D eigenvalue weighted by atomic mass is 32.1. The van der Waals surface area contributed by atoms with Gasteiger partial charge in [-0.2, -0.15) is 4.52 Å². The van der Waals surface area contributed by atoms with E-state index in [-0.39, 0.29) is 11.9 Å². The molecule has 4 rings (SSSR count). The number of benzene rings is 1. The van der Waals surface area contributed by atoms with E-state index in [9.17, 15) is 5.11 Å². The summed E-state index contributed by atoms with van der Waals surface area (Å²) in [7, 11) is 0. The van der Waals surface area contributed by atoms with E-state index in [4.69, 9.17) is 0 Å². The van der Waals surface area contributed by atoms with E-state index in [1.54, 1.807) is 15.9 Å². The molecule has 1 N–H and O–H groups in total. The predicted molar refractivity (Wildman–Crippen MR) is 100 cm³/mol. The Labute approximate surface area is 151 Å². The van der Waals surface area contributed by atoms with Crippen molar-refractivity contribution in [1.29, 1.82) is 0 Å². The Morgan fingerprint density at radius 2 is 2.16 bits per heavy atom. The van der Waals surface area contributed by atoms with Crippen molar-refractivity contribution in [2.75, 3.05) is 13.1 Å². The molecule has 0 spiro atoms. The van der Waals surface area contributed by atoms with Crippen molar-refractivity contribution < 1.29 is 5.11 Å². The van der Waals surface area contributed by atoms with Gasteiger partial charge in [0.05, 0.1) is 10.9 Å². The Hall–Kier alpha value is -1.92. The molecular weight excluding hydrogens is 332 g/mol. The van der Waals surface area contributed by atoms with E-state index >= 15 is 0 Å². The van der Waals surface area contributed by atoms with E-state index in [2.05, 4.69) is 53.1 Å². The number of aromatic nitrogens is 3. The molecule has 25 heavy (non-hydrogen) atoms. The third-order valence-corrected chi connectivity index (χ3v) is 6.04. The minimum atomic E-state index is 0.0523. The summed E-state index contributed by atoms with van der Waals surface area (Å²) in [6, 6.07) is 8.66. The lowest BCUT2D eigenvalue weighted by atomic mass is 9.95. The van der Waals surface area contributed by atoms with Crippen LogP contribution >= 0.6 is 11.3 Å². The van der Waals surface area contributed by atoms with Gasteiger partial charge in [0.2, 0.25) is 10.8 Å². The normalized spacial score (nSPS) is 20.2. The maximum atomic E-state index is 10.8. The largest absolute Gasteiger partial charge is 0.492 e. The van der Waals surface area contributed by atoms with Crippen molar-refractivity contribution >= 4 is 16.3 Å². The molecule has 0 aliphatic carbocycles. The van der Waals surface area contributed by atoms with Crippen LogP contribution in [-0.4, -0.2) is 37.7 Å². The van der Waals surface area contributed by atoms with E-state index in [1.807, 2.05) is 6.92 Å². The van der Waals surface area contributed by atoms with Gasteiger partial charge in [0.1, 0.15) is 5.82 Å². The second-order valence-electron chi connectivity index (χ2n) is 7.20. The molecule has 3 heterocycles. The lowest BCUT2D eigenvalue weighted by molar-refractivity contribution is 0.149. The molecule has 6 heteroatoms. The van der Waals surface area contributed by atoms with Gasteiger partial charge in [0, 0.05) is 6.54 Å². The molecule has 5 nitrogen and oxygen atoms in total. The predicted octanol–water partition coefficient (Wildman–Crippen LogP) is 3.93. The van der Waals surface area contributed by atoms with Crippen LogP contribution in [-0.2, 0) is 0 Å². The third kappa shape index (κ3) is 3.04. The Bertz CT molecular complexity index is 900. The highest BCUT2D eigenvalue weighted by molar-refractivity contribution is 7.17. The molecule has 3 aromatic rings. The minimum Gasteiger partial charge on any atom is -0.492 e. The smallest absolute Gasteiger partial charge is 0.230 e. The van der Waals surface area contributed by atoms with Gasteiger partial charge in [-0.05, 0) is 44.7 Å². The highest BCUT2D eigenvalue weighted by Crippen LogP contribution is 2.41. The van der Waals surface area contributed by atoms with Crippen molar-refractivity contribution in [3.8, 4) is 5.88 Å². The van der Waals surface area contributed by atoms with Gasteiger partial charge >= 0.3 is 0 Å². The first-order chi connectivity index (χ1) is 12.0. The summed E-state index contributed by atoms with van der Waals surface area (Å²) in [6.07, 6.45) is 2.47. The molecular formula is C19H24N4OS. The van der Waals surface area contributed by atoms with E-state index in [0.717, 1.165) is 22.9 Å². The summed E-state index contributed by atoms with van der Waals surface area (Å²) in [6.45, 7) is 8.37. The molecule has 0 amide bonds. The van der Waals surface area contributed by atoms with E-state index in [0.29, 0.717) is 11.7 Å². The van der Waals surface area contributed by atoms with Crippen molar-refractivity contribution in [2.24, 2.45) is 5.92 Å². The fraction of sp³-hybridized carbons (Fsp3) is 0.474. The van der Waals surface area contributed by atoms with Gasteiger partial charge in [-0.3, -0.25) is 4.90 Å². The van der Waals surface area contributed by atoms with E-state index < -0.39 is 0 Å². The van der Waals surface area contributed by atoms with Crippen molar-refractivity contribution in [3.05, 3.63) is 46.1 Å². The highest BCUT2D eigenvalue weighted by Gasteiger charge is 2.31. The number of aromatic hydroxyl groups is 1. The molecule has 1 aliphatic heterocycles. The Balaban J connectivity index is 1.83. The van der Waals surface area contributed by atoms with Crippen LogP contribution < -0.4 is 0 Å². The fourth-order valence-corrected chi connectivity index (χ4v) is 5.02. The third-order valence-electron chi connectivity index (χ3n) is 4.97. The molecule has 1 fully saturated rings. The van der Waals surface area contributed by atoms with Crippen LogP contribution in [0, 0.1) is 19.8 Å². The van der Waals surface area contributed by atoms with Gasteiger partial charge in [-0.25, -0.2) is 4.98 Å². The lowest BCUT2D eigenvalue weighted by Gasteiger charge is -2.37. The maximum absolute atomic E-state index is 10.8. The minimum absolute atomic E-state index is 0.0523. The monoisotopic (exact) mass is 356 g/mol. The van der Waals surface area contributed by atoms with E-state index in [1.165, 1.54) is 24.0 Å². The maximum Gasteiger partial charge on any atom is 0.230 e. The average molecular weight is 356 g/mol. The summed E-state index contributed by atoms with van der Waals surface area (Å²) in [5.41, 5.74) is 2.47. The molecule has 132 valence electrons. The van der Waals surface area contributed by atoms with Crippen LogP contribution in [0.2, 0.25) is 0 Å². The number of piperidine rings is 1. The number of hydrogen-bond acceptors (Lipinski definition) is 5. The van der Waals surface area contributed by atoms with Crippen LogP contribution in [0.15, 0.2) is 24.3 Å². The second-order valence-corrected chi connectivity index (χ2v) is 8.21. The number of thiazole rings is 1. The van der Waals surface area contributed by atoms with Crippen molar-refractivity contribution in [1.82, 2.24) is 19.5 Å². The lowest BCUT2D eigenvalue weighted by Crippen LogP contribution is -2.37. The topological polar surface area (TPSA) is 53.7 Å². The zero-order chi connectivity index (χ0) is 17.6. The second kappa shape index (κ2) is 6.42. The van der Waals surface area contributed by atoms with Gasteiger partial charge in [-0.15, -0.1) is 5.10 Å². The quantitative estimate of drug-likeness (QED) is 0.772. The molecule has 0 bridgehead atoms. The number of hydrogen-bond donors (Lipinski definition) is 1. The Morgan fingerprint density at radius 1 is 1.32 bits per heavy atom.